The average Bonchev–Trinajstić information content (AvgIpc) is 2.62. The first-order valence-corrected chi connectivity index (χ1v) is 8.15. The summed E-state index contributed by atoms with van der Waals surface area (Å²) < 4.78 is 5.32. The van der Waals surface area contributed by atoms with E-state index in [0.717, 1.165) is 37.4 Å². The standard InChI is InChI=1S/C18H22N4O2/c1-18(21-17(23)24-14-15-6-3-2-4-7-15)8-12-22(13-9-18)16-19-10-5-11-20-16/h2-7,10-11H,8-9,12-14H2,1H3,(H,21,23). The summed E-state index contributed by atoms with van der Waals surface area (Å²) in [5.74, 6) is 0.742. The van der Waals surface area contributed by atoms with Gasteiger partial charge in [0.2, 0.25) is 5.95 Å². The van der Waals surface area contributed by atoms with E-state index >= 15 is 0 Å². The number of nitrogens with zero attached hydrogens (tertiary/aromatic N) is 3. The van der Waals surface area contributed by atoms with Gasteiger partial charge in [0, 0.05) is 31.0 Å². The van der Waals surface area contributed by atoms with Crippen LogP contribution in [0.3, 0.4) is 0 Å². The van der Waals surface area contributed by atoms with Gasteiger partial charge in [-0.3, -0.25) is 0 Å². The van der Waals surface area contributed by atoms with Crippen LogP contribution in [0.2, 0.25) is 0 Å². The lowest BCUT2D eigenvalue weighted by molar-refractivity contribution is 0.123. The van der Waals surface area contributed by atoms with E-state index in [9.17, 15) is 4.79 Å². The molecule has 0 spiro atoms. The number of nitrogens with one attached hydrogen (secondary N) is 1. The van der Waals surface area contributed by atoms with Crippen LogP contribution >= 0.6 is 0 Å². The van der Waals surface area contributed by atoms with E-state index in [4.69, 9.17) is 4.74 Å². The molecule has 1 aliphatic heterocycles. The highest BCUT2D eigenvalue weighted by Crippen LogP contribution is 2.24. The number of carbonyl (C=O) groups excluding carboxylic acids is 1. The van der Waals surface area contributed by atoms with Crippen molar-refractivity contribution in [3.8, 4) is 0 Å². The minimum absolute atomic E-state index is 0.265. The fourth-order valence-electron chi connectivity index (χ4n) is 2.79. The zero-order valence-electron chi connectivity index (χ0n) is 13.8. The number of hydrogen-bond donors (Lipinski definition) is 1. The molecular weight excluding hydrogens is 304 g/mol. The van der Waals surface area contributed by atoms with Gasteiger partial charge in [0.25, 0.3) is 0 Å². The van der Waals surface area contributed by atoms with Crippen LogP contribution in [0, 0.1) is 0 Å². The van der Waals surface area contributed by atoms with Crippen LogP contribution in [0.1, 0.15) is 25.3 Å². The first kappa shape index (κ1) is 16.2. The van der Waals surface area contributed by atoms with Crippen molar-refractivity contribution in [3.05, 3.63) is 54.4 Å². The maximum absolute atomic E-state index is 12.1. The molecule has 0 aliphatic carbocycles. The highest BCUT2D eigenvalue weighted by atomic mass is 16.5. The van der Waals surface area contributed by atoms with Gasteiger partial charge in [0.05, 0.1) is 0 Å². The van der Waals surface area contributed by atoms with E-state index in [2.05, 4.69) is 27.1 Å². The van der Waals surface area contributed by atoms with Crippen LogP contribution in [0.15, 0.2) is 48.8 Å². The Labute approximate surface area is 141 Å². The summed E-state index contributed by atoms with van der Waals surface area (Å²) in [6, 6.07) is 11.5. The van der Waals surface area contributed by atoms with E-state index in [1.54, 1.807) is 12.4 Å². The van der Waals surface area contributed by atoms with Crippen LogP contribution in [-0.2, 0) is 11.3 Å². The normalized spacial score (nSPS) is 16.5. The Morgan fingerprint density at radius 2 is 1.83 bits per heavy atom. The molecule has 1 fully saturated rings. The molecule has 0 radical (unpaired) electrons. The molecule has 2 aromatic rings. The van der Waals surface area contributed by atoms with Crippen molar-refractivity contribution < 1.29 is 9.53 Å². The number of benzene rings is 1. The van der Waals surface area contributed by atoms with Gasteiger partial charge in [-0.15, -0.1) is 0 Å². The van der Waals surface area contributed by atoms with Crippen LogP contribution in [0.5, 0.6) is 0 Å². The number of aromatic nitrogens is 2. The lowest BCUT2D eigenvalue weighted by Gasteiger charge is -2.39. The molecule has 0 unspecified atom stereocenters. The molecule has 3 rings (SSSR count). The molecule has 2 heterocycles. The molecule has 0 bridgehead atoms. The van der Waals surface area contributed by atoms with Crippen LogP contribution in [0.4, 0.5) is 10.7 Å². The number of alkyl carbamates (subject to hydrolysis) is 1. The molecular formula is C18H22N4O2. The second-order valence-corrected chi connectivity index (χ2v) is 6.28. The number of piperidine rings is 1. The molecule has 1 aromatic carbocycles. The smallest absolute Gasteiger partial charge is 0.407 e. The topological polar surface area (TPSA) is 67.3 Å². The Balaban J connectivity index is 1.48. The Kier molecular flexibility index (Phi) is 4.93. The zero-order chi connectivity index (χ0) is 16.8. The SMILES string of the molecule is CC1(NC(=O)OCc2ccccc2)CCN(c2ncccn2)CC1. The van der Waals surface area contributed by atoms with Gasteiger partial charge >= 0.3 is 6.09 Å². The number of carbonyl (C=O) groups is 1. The van der Waals surface area contributed by atoms with Crippen molar-refractivity contribution in [1.82, 2.24) is 15.3 Å². The van der Waals surface area contributed by atoms with Crippen molar-refractivity contribution in [2.45, 2.75) is 31.9 Å². The third kappa shape index (κ3) is 4.22. The number of amides is 1. The van der Waals surface area contributed by atoms with Crippen molar-refractivity contribution in [2.24, 2.45) is 0 Å². The first-order valence-electron chi connectivity index (χ1n) is 8.15. The van der Waals surface area contributed by atoms with Gasteiger partial charge in [-0.25, -0.2) is 14.8 Å². The lowest BCUT2D eigenvalue weighted by Crippen LogP contribution is -2.53. The summed E-state index contributed by atoms with van der Waals surface area (Å²) in [7, 11) is 0. The number of anilines is 1. The monoisotopic (exact) mass is 326 g/mol. The van der Waals surface area contributed by atoms with Crippen LogP contribution in [-0.4, -0.2) is 34.7 Å². The molecule has 1 saturated heterocycles. The molecule has 24 heavy (non-hydrogen) atoms. The molecule has 0 saturated carbocycles. The third-order valence-electron chi connectivity index (χ3n) is 4.32. The highest BCUT2D eigenvalue weighted by Gasteiger charge is 2.32. The number of hydrogen-bond acceptors (Lipinski definition) is 5. The fraction of sp³-hybridized carbons (Fsp3) is 0.389. The Hall–Kier alpha value is -2.63. The summed E-state index contributed by atoms with van der Waals surface area (Å²) in [5, 5.41) is 3.01. The number of rotatable bonds is 4. The third-order valence-corrected chi connectivity index (χ3v) is 4.32. The van der Waals surface area contributed by atoms with E-state index < -0.39 is 0 Å². The zero-order valence-corrected chi connectivity index (χ0v) is 13.8. The van der Waals surface area contributed by atoms with Crippen molar-refractivity contribution in [1.29, 1.82) is 0 Å². The molecule has 1 amide bonds. The lowest BCUT2D eigenvalue weighted by atomic mass is 9.90. The summed E-state index contributed by atoms with van der Waals surface area (Å²) in [6.07, 6.45) is 4.77. The highest BCUT2D eigenvalue weighted by molar-refractivity contribution is 5.68. The summed E-state index contributed by atoms with van der Waals surface area (Å²) >= 11 is 0. The van der Waals surface area contributed by atoms with E-state index in [0.29, 0.717) is 0 Å². The molecule has 1 aromatic heterocycles. The van der Waals surface area contributed by atoms with Gasteiger partial charge in [0.1, 0.15) is 6.61 Å². The predicted octanol–water partition coefficient (Wildman–Crippen LogP) is 2.76. The average molecular weight is 326 g/mol. The van der Waals surface area contributed by atoms with Gasteiger partial charge < -0.3 is 15.0 Å². The quantitative estimate of drug-likeness (QED) is 0.936. The summed E-state index contributed by atoms with van der Waals surface area (Å²) in [4.78, 5) is 22.8. The van der Waals surface area contributed by atoms with E-state index in [1.807, 2.05) is 36.4 Å². The molecule has 6 nitrogen and oxygen atoms in total. The Bertz CT molecular complexity index is 655. The minimum atomic E-state index is -0.370. The van der Waals surface area contributed by atoms with Crippen LogP contribution in [0.25, 0.3) is 0 Å². The Morgan fingerprint density at radius 1 is 1.17 bits per heavy atom. The molecule has 1 N–H and O–H groups in total. The Morgan fingerprint density at radius 3 is 2.50 bits per heavy atom. The molecule has 1 aliphatic rings. The molecule has 0 atom stereocenters. The first-order chi connectivity index (χ1) is 11.6. The van der Waals surface area contributed by atoms with Crippen LogP contribution < -0.4 is 10.2 Å². The van der Waals surface area contributed by atoms with E-state index in [-0.39, 0.29) is 18.2 Å². The van der Waals surface area contributed by atoms with Crippen molar-refractivity contribution in [3.63, 3.8) is 0 Å². The maximum Gasteiger partial charge on any atom is 0.407 e. The van der Waals surface area contributed by atoms with Gasteiger partial charge in [-0.05, 0) is 31.4 Å². The van der Waals surface area contributed by atoms with Crippen molar-refractivity contribution in [2.75, 3.05) is 18.0 Å². The largest absolute Gasteiger partial charge is 0.445 e. The number of ether oxygens (including phenoxy) is 1. The molecule has 6 heteroatoms. The predicted molar refractivity (Wildman–Crippen MR) is 91.6 cm³/mol. The van der Waals surface area contributed by atoms with Gasteiger partial charge in [-0.1, -0.05) is 30.3 Å². The summed E-state index contributed by atoms with van der Waals surface area (Å²) in [5.41, 5.74) is 0.716. The fourth-order valence-corrected chi connectivity index (χ4v) is 2.79. The second-order valence-electron chi connectivity index (χ2n) is 6.28. The van der Waals surface area contributed by atoms with E-state index in [1.165, 1.54) is 0 Å². The minimum Gasteiger partial charge on any atom is -0.445 e. The second kappa shape index (κ2) is 7.29. The van der Waals surface area contributed by atoms with Gasteiger partial charge in [0.15, 0.2) is 0 Å². The maximum atomic E-state index is 12.1. The summed E-state index contributed by atoms with van der Waals surface area (Å²) in [6.45, 7) is 3.95. The van der Waals surface area contributed by atoms with Crippen molar-refractivity contribution >= 4 is 12.0 Å². The van der Waals surface area contributed by atoms with Gasteiger partial charge in [-0.2, -0.15) is 0 Å². The molecule has 126 valence electrons.